The van der Waals surface area contributed by atoms with Crippen molar-refractivity contribution in [2.75, 3.05) is 19.5 Å². The van der Waals surface area contributed by atoms with Crippen LogP contribution in [0.2, 0.25) is 0 Å². The molecule has 1 N–H and O–H groups in total. The van der Waals surface area contributed by atoms with Gasteiger partial charge in [-0.3, -0.25) is 14.9 Å². The lowest BCUT2D eigenvalue weighted by Crippen LogP contribution is -2.34. The smallest absolute Gasteiger partial charge is 0.273 e. The summed E-state index contributed by atoms with van der Waals surface area (Å²) in [4.78, 5) is 28.2. The summed E-state index contributed by atoms with van der Waals surface area (Å²) in [6.45, 7) is 2.00. The van der Waals surface area contributed by atoms with Gasteiger partial charge in [0.1, 0.15) is 11.5 Å². The summed E-state index contributed by atoms with van der Waals surface area (Å²) in [5.74, 6) is 0.293. The highest BCUT2D eigenvalue weighted by molar-refractivity contribution is 7.14. The van der Waals surface area contributed by atoms with Crippen molar-refractivity contribution in [3.05, 3.63) is 29.1 Å². The molecule has 0 bridgehead atoms. The van der Waals surface area contributed by atoms with Gasteiger partial charge in [0, 0.05) is 30.8 Å². The summed E-state index contributed by atoms with van der Waals surface area (Å²) >= 11 is 1.33. The number of rotatable bonds is 4. The summed E-state index contributed by atoms with van der Waals surface area (Å²) in [6, 6.07) is 5.85. The van der Waals surface area contributed by atoms with Crippen LogP contribution in [0.3, 0.4) is 0 Å². The van der Waals surface area contributed by atoms with E-state index in [1.807, 2.05) is 30.5 Å². The molecule has 1 aromatic heterocycles. The van der Waals surface area contributed by atoms with Gasteiger partial charge in [-0.05, 0) is 19.1 Å². The lowest BCUT2D eigenvalue weighted by atomic mass is 10.1. The Hall–Kier alpha value is -2.74. The predicted molar refractivity (Wildman–Crippen MR) is 96.9 cm³/mol. The SMILES string of the molecule is COc1ccc(C)cc1-c1csc(NC(=O)C2=NN(C)C(=O)CC2)n1. The summed E-state index contributed by atoms with van der Waals surface area (Å²) in [5.41, 5.74) is 3.03. The highest BCUT2D eigenvalue weighted by Crippen LogP contribution is 2.33. The number of carbonyl (C=O) groups is 2. The average molecular weight is 358 g/mol. The number of aromatic nitrogens is 1. The number of aryl methyl sites for hydroxylation is 1. The van der Waals surface area contributed by atoms with Gasteiger partial charge in [0.2, 0.25) is 5.91 Å². The topological polar surface area (TPSA) is 83.9 Å². The fourth-order valence-electron chi connectivity index (χ4n) is 2.48. The zero-order valence-corrected chi connectivity index (χ0v) is 15.0. The van der Waals surface area contributed by atoms with Crippen molar-refractivity contribution in [1.82, 2.24) is 9.99 Å². The van der Waals surface area contributed by atoms with E-state index in [9.17, 15) is 9.59 Å². The molecule has 0 unspecified atom stereocenters. The number of carbonyl (C=O) groups excluding carboxylic acids is 2. The first-order chi connectivity index (χ1) is 12.0. The number of thiazole rings is 1. The van der Waals surface area contributed by atoms with E-state index in [4.69, 9.17) is 4.74 Å². The van der Waals surface area contributed by atoms with Crippen molar-refractivity contribution < 1.29 is 14.3 Å². The van der Waals surface area contributed by atoms with Crippen LogP contribution in [0.5, 0.6) is 5.75 Å². The average Bonchev–Trinajstić information content (AvgIpc) is 3.05. The van der Waals surface area contributed by atoms with Crippen LogP contribution >= 0.6 is 11.3 Å². The first kappa shape index (κ1) is 17.1. The number of anilines is 1. The number of benzene rings is 1. The van der Waals surface area contributed by atoms with Gasteiger partial charge in [0.05, 0.1) is 12.8 Å². The molecule has 3 rings (SSSR count). The third-order valence-electron chi connectivity index (χ3n) is 3.82. The van der Waals surface area contributed by atoms with Crippen LogP contribution in [-0.4, -0.2) is 41.7 Å². The van der Waals surface area contributed by atoms with Crippen LogP contribution in [0.4, 0.5) is 5.13 Å². The van der Waals surface area contributed by atoms with Crippen molar-refractivity contribution in [1.29, 1.82) is 0 Å². The molecule has 0 radical (unpaired) electrons. The molecule has 2 heterocycles. The van der Waals surface area contributed by atoms with Gasteiger partial charge in [0.25, 0.3) is 5.91 Å². The number of hydrogen-bond donors (Lipinski definition) is 1. The van der Waals surface area contributed by atoms with Crippen molar-refractivity contribution >= 4 is 34.0 Å². The van der Waals surface area contributed by atoms with Gasteiger partial charge < -0.3 is 4.74 Å². The molecule has 2 aromatic rings. The highest BCUT2D eigenvalue weighted by Gasteiger charge is 2.22. The van der Waals surface area contributed by atoms with E-state index in [2.05, 4.69) is 15.4 Å². The van der Waals surface area contributed by atoms with Crippen molar-refractivity contribution in [2.24, 2.45) is 5.10 Å². The molecular formula is C17H18N4O3S. The quantitative estimate of drug-likeness (QED) is 0.911. The standard InChI is InChI=1S/C17H18N4O3S/c1-10-4-6-14(24-3)11(8-10)13-9-25-17(18-13)19-16(23)12-5-7-15(22)21(2)20-12/h4,6,8-9H,5,7H2,1-3H3,(H,18,19,23). The molecule has 7 nitrogen and oxygen atoms in total. The number of nitrogens with one attached hydrogen (secondary N) is 1. The van der Waals surface area contributed by atoms with Crippen LogP contribution < -0.4 is 10.1 Å². The minimum atomic E-state index is -0.337. The maximum atomic E-state index is 12.3. The fraction of sp³-hybridized carbons (Fsp3) is 0.294. The fourth-order valence-corrected chi connectivity index (χ4v) is 3.18. The van der Waals surface area contributed by atoms with Gasteiger partial charge in [0.15, 0.2) is 5.13 Å². The number of hydrogen-bond acceptors (Lipinski definition) is 6. The van der Waals surface area contributed by atoms with Gasteiger partial charge in [-0.15, -0.1) is 11.3 Å². The van der Waals surface area contributed by atoms with Crippen LogP contribution in [0, 0.1) is 6.92 Å². The largest absolute Gasteiger partial charge is 0.496 e. The number of methoxy groups -OCH3 is 1. The van der Waals surface area contributed by atoms with Gasteiger partial charge >= 0.3 is 0 Å². The molecule has 0 fully saturated rings. The van der Waals surface area contributed by atoms with Crippen molar-refractivity contribution in [2.45, 2.75) is 19.8 Å². The number of amides is 2. The second-order valence-corrected chi connectivity index (χ2v) is 6.52. The van der Waals surface area contributed by atoms with Crippen LogP contribution in [0.15, 0.2) is 28.7 Å². The Morgan fingerprint density at radius 3 is 2.88 bits per heavy atom. The van der Waals surface area contributed by atoms with Crippen LogP contribution in [-0.2, 0) is 9.59 Å². The molecular weight excluding hydrogens is 340 g/mol. The molecule has 1 aromatic carbocycles. The second kappa shape index (κ2) is 7.02. The summed E-state index contributed by atoms with van der Waals surface area (Å²) in [5, 5.41) is 10.3. The molecule has 0 aliphatic carbocycles. The summed E-state index contributed by atoms with van der Waals surface area (Å²) < 4.78 is 5.38. The molecule has 1 aliphatic heterocycles. The monoisotopic (exact) mass is 358 g/mol. The van der Waals surface area contributed by atoms with E-state index in [0.717, 1.165) is 22.6 Å². The number of nitrogens with zero attached hydrogens (tertiary/aromatic N) is 3. The van der Waals surface area contributed by atoms with Gasteiger partial charge in [-0.25, -0.2) is 9.99 Å². The lowest BCUT2D eigenvalue weighted by Gasteiger charge is -2.18. The minimum Gasteiger partial charge on any atom is -0.496 e. The third-order valence-corrected chi connectivity index (χ3v) is 4.58. The molecule has 2 amide bonds. The molecule has 0 atom stereocenters. The molecule has 130 valence electrons. The zero-order chi connectivity index (χ0) is 18.0. The Balaban J connectivity index is 1.79. The zero-order valence-electron chi connectivity index (χ0n) is 14.2. The molecule has 0 saturated heterocycles. The minimum absolute atomic E-state index is 0.0976. The molecule has 0 saturated carbocycles. The maximum Gasteiger partial charge on any atom is 0.273 e. The van der Waals surface area contributed by atoms with E-state index in [1.54, 1.807) is 14.2 Å². The van der Waals surface area contributed by atoms with E-state index in [0.29, 0.717) is 17.3 Å². The van der Waals surface area contributed by atoms with Crippen molar-refractivity contribution in [3.63, 3.8) is 0 Å². The van der Waals surface area contributed by atoms with Gasteiger partial charge in [-0.2, -0.15) is 5.10 Å². The van der Waals surface area contributed by atoms with Crippen LogP contribution in [0.25, 0.3) is 11.3 Å². The second-order valence-electron chi connectivity index (χ2n) is 5.66. The normalized spacial score (nSPS) is 14.3. The van der Waals surface area contributed by atoms with Crippen molar-refractivity contribution in [3.8, 4) is 17.0 Å². The number of ether oxygens (including phenoxy) is 1. The van der Waals surface area contributed by atoms with Crippen LogP contribution in [0.1, 0.15) is 18.4 Å². The molecule has 0 spiro atoms. The highest BCUT2D eigenvalue weighted by atomic mass is 32.1. The lowest BCUT2D eigenvalue weighted by molar-refractivity contribution is -0.130. The Labute approximate surface area is 149 Å². The Bertz CT molecular complexity index is 859. The van der Waals surface area contributed by atoms with E-state index in [1.165, 1.54) is 16.3 Å². The first-order valence-corrected chi connectivity index (χ1v) is 8.62. The first-order valence-electron chi connectivity index (χ1n) is 7.74. The van der Waals surface area contributed by atoms with E-state index in [-0.39, 0.29) is 18.2 Å². The third kappa shape index (κ3) is 3.69. The molecule has 8 heteroatoms. The predicted octanol–water partition coefficient (Wildman–Crippen LogP) is 2.67. The van der Waals surface area contributed by atoms with Gasteiger partial charge in [-0.1, -0.05) is 11.6 Å². The Kier molecular flexibility index (Phi) is 4.80. The number of hydrazone groups is 1. The summed E-state index contributed by atoms with van der Waals surface area (Å²) in [6.07, 6.45) is 0.616. The summed E-state index contributed by atoms with van der Waals surface area (Å²) in [7, 11) is 3.16. The van der Waals surface area contributed by atoms with E-state index < -0.39 is 0 Å². The molecule has 1 aliphatic rings. The Morgan fingerprint density at radius 2 is 2.16 bits per heavy atom. The molecule has 25 heavy (non-hydrogen) atoms. The Morgan fingerprint density at radius 1 is 1.36 bits per heavy atom. The van der Waals surface area contributed by atoms with E-state index >= 15 is 0 Å². The maximum absolute atomic E-state index is 12.3.